The molecule has 1 amide bonds. The molecule has 0 aliphatic heterocycles. The Morgan fingerprint density at radius 3 is 2.60 bits per heavy atom. The van der Waals surface area contributed by atoms with Gasteiger partial charge in [0.1, 0.15) is 5.69 Å². The van der Waals surface area contributed by atoms with Gasteiger partial charge in [-0.15, -0.1) is 0 Å². The predicted octanol–water partition coefficient (Wildman–Crippen LogP) is 0.872. The highest BCUT2D eigenvalue weighted by Crippen LogP contribution is 2.23. The van der Waals surface area contributed by atoms with Crippen LogP contribution in [-0.2, 0) is 16.6 Å². The summed E-state index contributed by atoms with van der Waals surface area (Å²) in [7, 11) is 1.36. The van der Waals surface area contributed by atoms with Gasteiger partial charge in [-0.1, -0.05) is 12.1 Å². The van der Waals surface area contributed by atoms with Crippen LogP contribution in [0.3, 0.4) is 0 Å². The van der Waals surface area contributed by atoms with Crippen molar-refractivity contribution in [1.82, 2.24) is 9.78 Å². The number of nitro groups is 1. The number of aromatic nitrogens is 2. The number of anilines is 1. The second-order valence-electron chi connectivity index (χ2n) is 4.99. The van der Waals surface area contributed by atoms with Crippen LogP contribution in [0.5, 0.6) is 0 Å². The number of amides is 1. The van der Waals surface area contributed by atoms with Crippen molar-refractivity contribution >= 4 is 23.3 Å². The van der Waals surface area contributed by atoms with Crippen molar-refractivity contribution < 1.29 is 19.2 Å². The van der Waals surface area contributed by atoms with E-state index in [0.717, 1.165) is 10.7 Å². The molecule has 0 spiro atoms. The molecule has 10 nitrogen and oxygen atoms in total. The summed E-state index contributed by atoms with van der Waals surface area (Å²) in [5.74, 6) is -1.65. The van der Waals surface area contributed by atoms with Gasteiger partial charge in [-0.25, -0.2) is 9.48 Å². The number of hydrogen-bond acceptors (Lipinski definition) is 7. The first-order valence-corrected chi connectivity index (χ1v) is 7.09. The second-order valence-corrected chi connectivity index (χ2v) is 4.99. The Balaban J connectivity index is 2.08. The molecule has 130 valence electrons. The minimum Gasteiger partial charge on any atom is -0.448 e. The molecule has 1 unspecified atom stereocenters. The summed E-state index contributed by atoms with van der Waals surface area (Å²) in [5.41, 5.74) is -0.846. The number of para-hydroxylation sites is 2. The fraction of sp³-hybridized carbons (Fsp3) is 0.200. The molecule has 1 aromatic carbocycles. The van der Waals surface area contributed by atoms with Crippen LogP contribution in [0.25, 0.3) is 0 Å². The van der Waals surface area contributed by atoms with E-state index in [4.69, 9.17) is 4.74 Å². The number of nitrogens with zero attached hydrogens (tertiary/aromatic N) is 3. The van der Waals surface area contributed by atoms with Gasteiger partial charge in [0.15, 0.2) is 11.8 Å². The fourth-order valence-corrected chi connectivity index (χ4v) is 1.86. The van der Waals surface area contributed by atoms with Gasteiger partial charge < -0.3 is 10.1 Å². The highest BCUT2D eigenvalue weighted by atomic mass is 16.6. The molecule has 0 aliphatic rings. The summed E-state index contributed by atoms with van der Waals surface area (Å²) in [6.45, 7) is 1.31. The van der Waals surface area contributed by atoms with Gasteiger partial charge in [-0.2, -0.15) is 5.10 Å². The van der Waals surface area contributed by atoms with Gasteiger partial charge in [0.25, 0.3) is 17.2 Å². The van der Waals surface area contributed by atoms with E-state index in [9.17, 15) is 24.5 Å². The number of benzene rings is 1. The van der Waals surface area contributed by atoms with Crippen LogP contribution in [0.2, 0.25) is 0 Å². The first kappa shape index (κ1) is 17.8. The lowest BCUT2D eigenvalue weighted by Gasteiger charge is -2.13. The number of hydrogen-bond donors (Lipinski definition) is 1. The minimum absolute atomic E-state index is 0.0133. The molecule has 1 aromatic heterocycles. The summed E-state index contributed by atoms with van der Waals surface area (Å²) in [6, 6.07) is 7.90. The Morgan fingerprint density at radius 2 is 1.96 bits per heavy atom. The quantitative estimate of drug-likeness (QED) is 0.482. The number of rotatable bonds is 5. The zero-order valence-corrected chi connectivity index (χ0v) is 13.3. The van der Waals surface area contributed by atoms with E-state index in [1.165, 1.54) is 44.3 Å². The molecule has 1 N–H and O–H groups in total. The van der Waals surface area contributed by atoms with Gasteiger partial charge in [-0.3, -0.25) is 19.7 Å². The predicted molar refractivity (Wildman–Crippen MR) is 86.1 cm³/mol. The van der Waals surface area contributed by atoms with Gasteiger partial charge in [0, 0.05) is 19.2 Å². The van der Waals surface area contributed by atoms with Gasteiger partial charge >= 0.3 is 5.97 Å². The van der Waals surface area contributed by atoms with E-state index in [-0.39, 0.29) is 17.1 Å². The maximum absolute atomic E-state index is 12.1. The smallest absolute Gasteiger partial charge is 0.359 e. The molecular weight excluding hydrogens is 332 g/mol. The van der Waals surface area contributed by atoms with E-state index in [0.29, 0.717) is 0 Å². The third-order valence-electron chi connectivity index (χ3n) is 3.18. The number of ether oxygens (including phenoxy) is 1. The van der Waals surface area contributed by atoms with Crippen molar-refractivity contribution in [3.8, 4) is 0 Å². The second kappa shape index (κ2) is 7.34. The molecule has 0 bridgehead atoms. The van der Waals surface area contributed by atoms with Gasteiger partial charge in [-0.05, 0) is 19.1 Å². The Kier molecular flexibility index (Phi) is 5.22. The largest absolute Gasteiger partial charge is 0.448 e. The third kappa shape index (κ3) is 4.25. The van der Waals surface area contributed by atoms with E-state index in [1.54, 1.807) is 0 Å². The molecule has 1 heterocycles. The number of nitro benzene ring substituents is 1. The lowest BCUT2D eigenvalue weighted by molar-refractivity contribution is -0.383. The van der Waals surface area contributed by atoms with Crippen LogP contribution < -0.4 is 10.9 Å². The minimum atomic E-state index is -1.23. The molecule has 0 saturated heterocycles. The van der Waals surface area contributed by atoms with Gasteiger partial charge in [0.2, 0.25) is 0 Å². The molecule has 2 rings (SSSR count). The fourth-order valence-electron chi connectivity index (χ4n) is 1.86. The summed E-state index contributed by atoms with van der Waals surface area (Å²) in [5, 5.41) is 17.0. The number of carbonyl (C=O) groups excluding carboxylic acids is 2. The van der Waals surface area contributed by atoms with Crippen molar-refractivity contribution in [2.45, 2.75) is 13.0 Å². The summed E-state index contributed by atoms with van der Waals surface area (Å²) >= 11 is 0. The Hall–Kier alpha value is -3.56. The van der Waals surface area contributed by atoms with Crippen molar-refractivity contribution in [3.63, 3.8) is 0 Å². The normalized spacial score (nSPS) is 11.4. The number of carbonyl (C=O) groups is 2. The molecule has 2 aromatic rings. The van der Waals surface area contributed by atoms with Crippen LogP contribution in [0.4, 0.5) is 11.4 Å². The molecule has 0 aliphatic carbocycles. The van der Waals surface area contributed by atoms with Crippen molar-refractivity contribution in [2.24, 2.45) is 7.05 Å². The van der Waals surface area contributed by atoms with E-state index in [1.807, 2.05) is 0 Å². The maximum atomic E-state index is 12.1. The lowest BCUT2D eigenvalue weighted by atomic mass is 10.2. The van der Waals surface area contributed by atoms with Crippen LogP contribution in [0, 0.1) is 10.1 Å². The summed E-state index contributed by atoms with van der Waals surface area (Å²) in [6.07, 6.45) is -1.23. The monoisotopic (exact) mass is 346 g/mol. The number of esters is 1. The molecule has 25 heavy (non-hydrogen) atoms. The molecule has 0 fully saturated rings. The van der Waals surface area contributed by atoms with Crippen LogP contribution in [0.15, 0.2) is 41.2 Å². The van der Waals surface area contributed by atoms with Crippen LogP contribution in [0.1, 0.15) is 17.4 Å². The summed E-state index contributed by atoms with van der Waals surface area (Å²) in [4.78, 5) is 45.6. The third-order valence-corrected chi connectivity index (χ3v) is 3.18. The average Bonchev–Trinajstić information content (AvgIpc) is 2.57. The SMILES string of the molecule is CC(OC(=O)c1ccc(=O)n(C)n1)C(=O)Nc1ccccc1[N+](=O)[O-]. The molecule has 10 heteroatoms. The number of nitrogens with one attached hydrogen (secondary N) is 1. The first-order chi connectivity index (χ1) is 11.8. The lowest BCUT2D eigenvalue weighted by Crippen LogP contribution is -2.31. The molecule has 1 atom stereocenters. The Bertz CT molecular complexity index is 892. The Labute approximate surface area is 141 Å². The van der Waals surface area contributed by atoms with Crippen molar-refractivity contribution in [1.29, 1.82) is 0 Å². The van der Waals surface area contributed by atoms with Crippen molar-refractivity contribution in [2.75, 3.05) is 5.32 Å². The topological polar surface area (TPSA) is 133 Å². The zero-order chi connectivity index (χ0) is 18.6. The van der Waals surface area contributed by atoms with E-state index < -0.39 is 28.5 Å². The van der Waals surface area contributed by atoms with Crippen LogP contribution in [-0.4, -0.2) is 32.7 Å². The van der Waals surface area contributed by atoms with Crippen molar-refractivity contribution in [3.05, 3.63) is 62.6 Å². The highest BCUT2D eigenvalue weighted by molar-refractivity contribution is 5.98. The zero-order valence-electron chi connectivity index (χ0n) is 13.3. The van der Waals surface area contributed by atoms with Crippen LogP contribution >= 0.6 is 0 Å². The average molecular weight is 346 g/mol. The van der Waals surface area contributed by atoms with Gasteiger partial charge in [0.05, 0.1) is 4.92 Å². The highest BCUT2D eigenvalue weighted by Gasteiger charge is 2.23. The van der Waals surface area contributed by atoms with E-state index >= 15 is 0 Å². The Morgan fingerprint density at radius 1 is 1.28 bits per heavy atom. The molecule has 0 radical (unpaired) electrons. The number of aryl methyl sites for hydroxylation is 1. The first-order valence-electron chi connectivity index (χ1n) is 7.09. The van der Waals surface area contributed by atoms with E-state index in [2.05, 4.69) is 10.4 Å². The standard InChI is InChI=1S/C15H14N4O6/c1-9(25-15(22)11-7-8-13(20)18(2)17-11)14(21)16-10-5-3-4-6-12(10)19(23)24/h3-9H,1-2H3,(H,16,21). The molecule has 0 saturated carbocycles. The summed E-state index contributed by atoms with van der Waals surface area (Å²) < 4.78 is 5.92. The maximum Gasteiger partial charge on any atom is 0.359 e. The molecular formula is C15H14N4O6.